The smallest absolute Gasteiger partial charge is 0.339 e. The van der Waals surface area contributed by atoms with Crippen LogP contribution >= 0.6 is 0 Å². The summed E-state index contributed by atoms with van der Waals surface area (Å²) < 4.78 is 1.66. The van der Waals surface area contributed by atoms with Crippen molar-refractivity contribution in [3.63, 3.8) is 0 Å². The third-order valence-corrected chi connectivity index (χ3v) is 3.33. The summed E-state index contributed by atoms with van der Waals surface area (Å²) in [6, 6.07) is 0. The highest BCUT2D eigenvalue weighted by molar-refractivity contribution is 5.95. The Labute approximate surface area is 123 Å². The fraction of sp³-hybridized carbons (Fsp3) is 0.429. The van der Waals surface area contributed by atoms with Gasteiger partial charge in [-0.3, -0.25) is 4.68 Å². The summed E-state index contributed by atoms with van der Waals surface area (Å²) in [7, 11) is 1.81. The van der Waals surface area contributed by atoms with Crippen LogP contribution in [0.25, 0.3) is 0 Å². The van der Waals surface area contributed by atoms with Crippen molar-refractivity contribution < 1.29 is 9.90 Å². The van der Waals surface area contributed by atoms with Gasteiger partial charge in [0.05, 0.1) is 17.1 Å². The van der Waals surface area contributed by atoms with E-state index >= 15 is 0 Å². The van der Waals surface area contributed by atoms with Gasteiger partial charge in [-0.2, -0.15) is 10.2 Å². The molecule has 2 heterocycles. The van der Waals surface area contributed by atoms with Crippen LogP contribution < -0.4 is 5.32 Å². The lowest BCUT2D eigenvalue weighted by Gasteiger charge is -2.13. The zero-order chi connectivity index (χ0) is 15.6. The number of aromatic carboxylic acids is 1. The minimum Gasteiger partial charge on any atom is -0.478 e. The lowest BCUT2D eigenvalue weighted by molar-refractivity contribution is 0.0696. The normalized spacial score (nSPS) is 10.7. The van der Waals surface area contributed by atoms with Crippen molar-refractivity contribution >= 4 is 17.5 Å². The second-order valence-electron chi connectivity index (χ2n) is 4.79. The summed E-state index contributed by atoms with van der Waals surface area (Å²) in [5.74, 6) is -0.742. The van der Waals surface area contributed by atoms with Crippen LogP contribution in [0.4, 0.5) is 11.5 Å². The molecule has 0 aromatic carbocycles. The first-order valence-corrected chi connectivity index (χ1v) is 6.86. The second kappa shape index (κ2) is 5.90. The summed E-state index contributed by atoms with van der Waals surface area (Å²) in [6.45, 7) is 5.70. The van der Waals surface area contributed by atoms with Crippen molar-refractivity contribution in [1.82, 2.24) is 20.0 Å². The third kappa shape index (κ3) is 2.86. The zero-order valence-electron chi connectivity index (χ0n) is 12.6. The molecule has 2 aromatic rings. The van der Waals surface area contributed by atoms with Gasteiger partial charge in [0.1, 0.15) is 5.56 Å². The summed E-state index contributed by atoms with van der Waals surface area (Å²) in [6.07, 6.45) is 3.03. The number of hydrogen-bond acceptors (Lipinski definition) is 5. The molecule has 7 heteroatoms. The van der Waals surface area contributed by atoms with Gasteiger partial charge in [-0.1, -0.05) is 13.8 Å². The van der Waals surface area contributed by atoms with Gasteiger partial charge in [-0.15, -0.1) is 5.10 Å². The average Bonchev–Trinajstić information content (AvgIpc) is 2.75. The van der Waals surface area contributed by atoms with Gasteiger partial charge < -0.3 is 10.4 Å². The van der Waals surface area contributed by atoms with Crippen LogP contribution in [0.5, 0.6) is 0 Å². The first-order chi connectivity index (χ1) is 9.97. The van der Waals surface area contributed by atoms with Crippen LogP contribution in [0.2, 0.25) is 0 Å². The Kier molecular flexibility index (Phi) is 4.21. The van der Waals surface area contributed by atoms with E-state index in [9.17, 15) is 9.90 Å². The van der Waals surface area contributed by atoms with E-state index < -0.39 is 5.97 Å². The summed E-state index contributed by atoms with van der Waals surface area (Å²) in [4.78, 5) is 11.6. The van der Waals surface area contributed by atoms with Crippen molar-refractivity contribution in [3.8, 4) is 0 Å². The Balaban J connectivity index is 2.53. The highest BCUT2D eigenvalue weighted by Crippen LogP contribution is 2.25. The molecule has 112 valence electrons. The molecule has 2 N–H and O–H groups in total. The Morgan fingerprint density at radius 1 is 1.33 bits per heavy atom. The van der Waals surface area contributed by atoms with Gasteiger partial charge in [-0.05, 0) is 25.3 Å². The minimum absolute atomic E-state index is 0.188. The monoisotopic (exact) mass is 289 g/mol. The number of nitrogens with one attached hydrogen (secondary N) is 1. The van der Waals surface area contributed by atoms with E-state index in [1.54, 1.807) is 17.9 Å². The van der Waals surface area contributed by atoms with Gasteiger partial charge in [0.15, 0.2) is 5.82 Å². The molecule has 0 aliphatic heterocycles. The number of anilines is 2. The highest BCUT2D eigenvalue weighted by Gasteiger charge is 2.21. The molecular formula is C14H19N5O2. The number of aromatic nitrogens is 4. The van der Waals surface area contributed by atoms with Crippen LogP contribution in [0.15, 0.2) is 6.20 Å². The SMILES string of the molecule is CCc1nnc(Nc2cn(C)nc2C)c(C(=O)O)c1CC. The Bertz CT molecular complexity index is 678. The summed E-state index contributed by atoms with van der Waals surface area (Å²) >= 11 is 0. The van der Waals surface area contributed by atoms with Crippen LogP contribution in [-0.2, 0) is 19.9 Å². The first-order valence-electron chi connectivity index (χ1n) is 6.86. The Hall–Kier alpha value is -2.44. The van der Waals surface area contributed by atoms with Crippen LogP contribution in [0.3, 0.4) is 0 Å². The standard InChI is InChI=1S/C14H19N5O2/c1-5-9-10(6-2)16-17-13(12(9)14(20)21)15-11-7-19(4)18-8(11)3/h7H,5-6H2,1-4H3,(H,15,17)(H,20,21). The molecule has 0 unspecified atom stereocenters. The van der Waals surface area contributed by atoms with Gasteiger partial charge in [0.25, 0.3) is 0 Å². The molecule has 21 heavy (non-hydrogen) atoms. The number of carboxylic acid groups (broad SMARTS) is 1. The summed E-state index contributed by atoms with van der Waals surface area (Å²) in [5.41, 5.74) is 3.13. The van der Waals surface area contributed by atoms with Gasteiger partial charge >= 0.3 is 5.97 Å². The number of carboxylic acids is 1. The molecule has 0 saturated carbocycles. The second-order valence-corrected chi connectivity index (χ2v) is 4.79. The van der Waals surface area contributed by atoms with Crippen LogP contribution in [-0.4, -0.2) is 31.1 Å². The minimum atomic E-state index is -1.000. The number of aryl methyl sites for hydroxylation is 3. The molecule has 2 rings (SSSR count). The van der Waals surface area contributed by atoms with Crippen LogP contribution in [0.1, 0.15) is 41.2 Å². The lowest BCUT2D eigenvalue weighted by Crippen LogP contribution is -2.13. The number of carbonyl (C=O) groups is 1. The fourth-order valence-electron chi connectivity index (χ4n) is 2.34. The van der Waals surface area contributed by atoms with E-state index in [1.165, 1.54) is 0 Å². The van der Waals surface area contributed by atoms with E-state index in [4.69, 9.17) is 0 Å². The molecule has 0 atom stereocenters. The quantitative estimate of drug-likeness (QED) is 0.875. The molecule has 0 aliphatic rings. The molecule has 0 fully saturated rings. The molecule has 7 nitrogen and oxygen atoms in total. The Morgan fingerprint density at radius 3 is 2.52 bits per heavy atom. The predicted molar refractivity (Wildman–Crippen MR) is 79.0 cm³/mol. The topological polar surface area (TPSA) is 92.9 Å². The highest BCUT2D eigenvalue weighted by atomic mass is 16.4. The van der Waals surface area contributed by atoms with Gasteiger partial charge in [0.2, 0.25) is 0 Å². The molecule has 0 amide bonds. The molecule has 0 aliphatic carbocycles. The molecule has 0 bridgehead atoms. The van der Waals surface area contributed by atoms with E-state index in [0.29, 0.717) is 12.8 Å². The molecular weight excluding hydrogens is 270 g/mol. The zero-order valence-corrected chi connectivity index (χ0v) is 12.6. The number of hydrogen-bond donors (Lipinski definition) is 2. The van der Waals surface area contributed by atoms with E-state index in [2.05, 4.69) is 20.6 Å². The summed E-state index contributed by atoms with van der Waals surface area (Å²) in [5, 5.41) is 25.0. The molecule has 0 radical (unpaired) electrons. The maximum Gasteiger partial charge on any atom is 0.339 e. The van der Waals surface area contributed by atoms with Crippen LogP contribution in [0, 0.1) is 6.92 Å². The van der Waals surface area contributed by atoms with Crippen molar-refractivity contribution in [1.29, 1.82) is 0 Å². The third-order valence-electron chi connectivity index (χ3n) is 3.33. The van der Waals surface area contributed by atoms with E-state index in [-0.39, 0.29) is 11.4 Å². The first kappa shape index (κ1) is 15.0. The molecule has 0 saturated heterocycles. The lowest BCUT2D eigenvalue weighted by atomic mass is 10.0. The van der Waals surface area contributed by atoms with E-state index in [1.807, 2.05) is 20.8 Å². The Morgan fingerprint density at radius 2 is 2.05 bits per heavy atom. The van der Waals surface area contributed by atoms with Crippen molar-refractivity contribution in [2.75, 3.05) is 5.32 Å². The average molecular weight is 289 g/mol. The fourth-order valence-corrected chi connectivity index (χ4v) is 2.34. The maximum absolute atomic E-state index is 11.6. The van der Waals surface area contributed by atoms with Gasteiger partial charge in [0, 0.05) is 13.2 Å². The van der Waals surface area contributed by atoms with Gasteiger partial charge in [-0.25, -0.2) is 4.79 Å². The van der Waals surface area contributed by atoms with Crippen molar-refractivity contribution in [3.05, 3.63) is 28.7 Å². The molecule has 0 spiro atoms. The van der Waals surface area contributed by atoms with E-state index in [0.717, 1.165) is 22.6 Å². The molecule has 2 aromatic heterocycles. The largest absolute Gasteiger partial charge is 0.478 e. The van der Waals surface area contributed by atoms with Crippen molar-refractivity contribution in [2.45, 2.75) is 33.6 Å². The number of nitrogens with zero attached hydrogens (tertiary/aromatic N) is 4. The maximum atomic E-state index is 11.6. The predicted octanol–water partition coefficient (Wildman–Crippen LogP) is 2.09. The number of rotatable bonds is 5. The van der Waals surface area contributed by atoms with Crippen molar-refractivity contribution in [2.24, 2.45) is 7.05 Å².